The molecule has 2 fully saturated rings. The van der Waals surface area contributed by atoms with Crippen LogP contribution < -0.4 is 0 Å². The van der Waals surface area contributed by atoms with E-state index in [1.54, 1.807) is 4.31 Å². The van der Waals surface area contributed by atoms with Gasteiger partial charge < -0.3 is 0 Å². The fraction of sp³-hybridized carbons (Fsp3) is 1.00. The Labute approximate surface area is 80.2 Å². The zero-order chi connectivity index (χ0) is 9.69. The standard InChI is InChI=1S/C9H17NO2S/c1-8-3-6-10(13(2,11)12)9(7-8)4-5-9/h8H,3-7H2,1-2H3. The topological polar surface area (TPSA) is 37.4 Å². The Hall–Kier alpha value is -0.0900. The molecule has 1 heterocycles. The molecule has 0 amide bonds. The second-order valence-corrected chi connectivity index (χ2v) is 6.56. The Balaban J connectivity index is 2.21. The highest BCUT2D eigenvalue weighted by Gasteiger charge is 2.53. The van der Waals surface area contributed by atoms with Crippen LogP contribution in [0.4, 0.5) is 0 Å². The van der Waals surface area contributed by atoms with Crippen molar-refractivity contribution in [3.8, 4) is 0 Å². The van der Waals surface area contributed by atoms with Gasteiger partial charge in [0, 0.05) is 12.1 Å². The summed E-state index contributed by atoms with van der Waals surface area (Å²) in [5, 5.41) is 0. The lowest BCUT2D eigenvalue weighted by Crippen LogP contribution is -2.46. The molecule has 0 bridgehead atoms. The SMILES string of the molecule is CC1CCN(S(C)(=O)=O)C2(CC2)C1. The second-order valence-electron chi connectivity index (χ2n) is 4.66. The molecule has 1 saturated carbocycles. The van der Waals surface area contributed by atoms with Gasteiger partial charge in [-0.2, -0.15) is 4.31 Å². The van der Waals surface area contributed by atoms with Gasteiger partial charge in [-0.1, -0.05) is 6.92 Å². The van der Waals surface area contributed by atoms with Crippen LogP contribution in [0.1, 0.15) is 32.6 Å². The van der Waals surface area contributed by atoms with Gasteiger partial charge in [0.15, 0.2) is 0 Å². The smallest absolute Gasteiger partial charge is 0.211 e. The third-order valence-electron chi connectivity index (χ3n) is 3.31. The fourth-order valence-electron chi connectivity index (χ4n) is 2.54. The van der Waals surface area contributed by atoms with Crippen LogP contribution in [-0.2, 0) is 10.0 Å². The van der Waals surface area contributed by atoms with E-state index in [4.69, 9.17) is 0 Å². The number of piperidine rings is 1. The average Bonchev–Trinajstić information content (AvgIpc) is 2.66. The van der Waals surface area contributed by atoms with Crippen LogP contribution in [-0.4, -0.2) is 31.1 Å². The van der Waals surface area contributed by atoms with Crippen LogP contribution in [0.25, 0.3) is 0 Å². The van der Waals surface area contributed by atoms with Crippen molar-refractivity contribution in [1.29, 1.82) is 0 Å². The second kappa shape index (κ2) is 2.70. The summed E-state index contributed by atoms with van der Waals surface area (Å²) in [6.45, 7) is 2.96. The first-order chi connectivity index (χ1) is 5.94. The maximum atomic E-state index is 11.5. The summed E-state index contributed by atoms with van der Waals surface area (Å²) in [7, 11) is -2.96. The van der Waals surface area contributed by atoms with Crippen LogP contribution in [0, 0.1) is 5.92 Å². The molecular formula is C9H17NO2S. The molecule has 76 valence electrons. The van der Waals surface area contributed by atoms with Gasteiger partial charge in [0.05, 0.1) is 6.26 Å². The van der Waals surface area contributed by atoms with Crippen molar-refractivity contribution >= 4 is 10.0 Å². The van der Waals surface area contributed by atoms with Gasteiger partial charge >= 0.3 is 0 Å². The lowest BCUT2D eigenvalue weighted by Gasteiger charge is -2.37. The summed E-state index contributed by atoms with van der Waals surface area (Å²) in [6.07, 6.45) is 5.58. The van der Waals surface area contributed by atoms with Gasteiger partial charge in [-0.05, 0) is 31.6 Å². The number of rotatable bonds is 1. The minimum Gasteiger partial charge on any atom is -0.212 e. The highest BCUT2D eigenvalue weighted by atomic mass is 32.2. The number of hydrogen-bond donors (Lipinski definition) is 0. The third kappa shape index (κ3) is 1.62. The molecule has 0 aromatic heterocycles. The van der Waals surface area contributed by atoms with Crippen molar-refractivity contribution in [2.75, 3.05) is 12.8 Å². The number of nitrogens with zero attached hydrogens (tertiary/aromatic N) is 1. The normalized spacial score (nSPS) is 33.5. The van der Waals surface area contributed by atoms with E-state index in [1.807, 2.05) is 0 Å². The molecule has 13 heavy (non-hydrogen) atoms. The predicted octanol–water partition coefficient (Wildman–Crippen LogP) is 1.21. The van der Waals surface area contributed by atoms with Crippen molar-refractivity contribution in [3.63, 3.8) is 0 Å². The molecule has 1 unspecified atom stereocenters. The summed E-state index contributed by atoms with van der Waals surface area (Å²) >= 11 is 0. The molecule has 3 nitrogen and oxygen atoms in total. The van der Waals surface area contributed by atoms with Gasteiger partial charge in [-0.25, -0.2) is 8.42 Å². The molecular weight excluding hydrogens is 186 g/mol. The van der Waals surface area contributed by atoms with E-state index >= 15 is 0 Å². The molecule has 1 saturated heterocycles. The summed E-state index contributed by atoms with van der Waals surface area (Å²) < 4.78 is 24.7. The van der Waals surface area contributed by atoms with Gasteiger partial charge in [-0.15, -0.1) is 0 Å². The van der Waals surface area contributed by atoms with E-state index in [1.165, 1.54) is 6.26 Å². The monoisotopic (exact) mass is 203 g/mol. The van der Waals surface area contributed by atoms with Crippen molar-refractivity contribution in [2.45, 2.75) is 38.1 Å². The van der Waals surface area contributed by atoms with Crippen molar-refractivity contribution in [3.05, 3.63) is 0 Å². The van der Waals surface area contributed by atoms with E-state index in [0.29, 0.717) is 5.92 Å². The van der Waals surface area contributed by atoms with Crippen molar-refractivity contribution in [2.24, 2.45) is 5.92 Å². The molecule has 1 spiro atoms. The summed E-state index contributed by atoms with van der Waals surface area (Å²) in [4.78, 5) is 0. The predicted molar refractivity (Wildman–Crippen MR) is 51.9 cm³/mol. The fourth-order valence-corrected chi connectivity index (χ4v) is 3.94. The lowest BCUT2D eigenvalue weighted by molar-refractivity contribution is 0.189. The highest BCUT2D eigenvalue weighted by molar-refractivity contribution is 7.88. The van der Waals surface area contributed by atoms with E-state index < -0.39 is 10.0 Å². The lowest BCUT2D eigenvalue weighted by atomic mass is 9.93. The molecule has 2 rings (SSSR count). The molecule has 1 aliphatic heterocycles. The zero-order valence-corrected chi connectivity index (χ0v) is 9.10. The van der Waals surface area contributed by atoms with Gasteiger partial charge in [0.25, 0.3) is 0 Å². The Morgan fingerprint density at radius 1 is 1.38 bits per heavy atom. The molecule has 0 aromatic carbocycles. The largest absolute Gasteiger partial charge is 0.212 e. The van der Waals surface area contributed by atoms with Gasteiger partial charge in [0.1, 0.15) is 0 Å². The van der Waals surface area contributed by atoms with E-state index in [0.717, 1.165) is 32.2 Å². The Bertz CT molecular complexity index is 306. The Morgan fingerprint density at radius 3 is 2.46 bits per heavy atom. The van der Waals surface area contributed by atoms with E-state index in [-0.39, 0.29) is 5.54 Å². The van der Waals surface area contributed by atoms with Crippen LogP contribution in [0.5, 0.6) is 0 Å². The van der Waals surface area contributed by atoms with E-state index in [9.17, 15) is 8.42 Å². The molecule has 0 aromatic rings. The maximum absolute atomic E-state index is 11.5. The summed E-state index contributed by atoms with van der Waals surface area (Å²) in [6, 6.07) is 0. The minimum atomic E-state index is -2.96. The average molecular weight is 203 g/mol. The first-order valence-corrected chi connectivity index (χ1v) is 6.77. The first kappa shape index (κ1) is 9.46. The van der Waals surface area contributed by atoms with Crippen LogP contribution in [0.15, 0.2) is 0 Å². The van der Waals surface area contributed by atoms with Crippen LogP contribution in [0.2, 0.25) is 0 Å². The highest BCUT2D eigenvalue weighted by Crippen LogP contribution is 2.50. The summed E-state index contributed by atoms with van der Waals surface area (Å²) in [5.41, 5.74) is 0.0469. The van der Waals surface area contributed by atoms with Gasteiger partial charge in [-0.3, -0.25) is 0 Å². The first-order valence-electron chi connectivity index (χ1n) is 4.92. The number of hydrogen-bond acceptors (Lipinski definition) is 2. The van der Waals surface area contributed by atoms with E-state index in [2.05, 4.69) is 6.92 Å². The molecule has 1 aliphatic carbocycles. The Kier molecular flexibility index (Phi) is 1.97. The molecule has 0 radical (unpaired) electrons. The maximum Gasteiger partial charge on any atom is 0.211 e. The molecule has 1 atom stereocenters. The van der Waals surface area contributed by atoms with Crippen LogP contribution in [0.3, 0.4) is 0 Å². The van der Waals surface area contributed by atoms with Crippen LogP contribution >= 0.6 is 0 Å². The van der Waals surface area contributed by atoms with Gasteiger partial charge in [0.2, 0.25) is 10.0 Å². The minimum absolute atomic E-state index is 0.0469. The summed E-state index contributed by atoms with van der Waals surface area (Å²) in [5.74, 6) is 0.695. The Morgan fingerprint density at radius 2 is 2.00 bits per heavy atom. The van der Waals surface area contributed by atoms with Crippen molar-refractivity contribution in [1.82, 2.24) is 4.31 Å². The quantitative estimate of drug-likeness (QED) is 0.642. The number of sulfonamides is 1. The zero-order valence-electron chi connectivity index (χ0n) is 8.28. The molecule has 2 aliphatic rings. The van der Waals surface area contributed by atoms with Crippen molar-refractivity contribution < 1.29 is 8.42 Å². The molecule has 0 N–H and O–H groups in total. The molecule has 4 heteroatoms. The third-order valence-corrected chi connectivity index (χ3v) is 4.68.